The van der Waals surface area contributed by atoms with E-state index in [2.05, 4.69) is 61.6 Å². The number of anilines is 1. The Morgan fingerprint density at radius 1 is 0.846 bits per heavy atom. The standard InChI is InChI=1S/C33H26N4OS/c1-22-8-11-24(12-9-22)32-26(21-37(36-32)28-6-4-3-5-7-28)15-19-31(38)34-27-16-13-25(14-17-27)33-35-29-18-10-23(2)20-30(29)39-33/h3-21H,1-2H3,(H,34,38). The first-order valence-electron chi connectivity index (χ1n) is 12.7. The zero-order valence-electron chi connectivity index (χ0n) is 21.6. The summed E-state index contributed by atoms with van der Waals surface area (Å²) in [5, 5.41) is 8.76. The van der Waals surface area contributed by atoms with Crippen molar-refractivity contribution >= 4 is 39.2 Å². The van der Waals surface area contributed by atoms with Crippen LogP contribution in [0.5, 0.6) is 0 Å². The minimum atomic E-state index is -0.208. The van der Waals surface area contributed by atoms with E-state index in [1.165, 1.54) is 15.8 Å². The number of carbonyl (C=O) groups excluding carboxylic acids is 1. The highest BCUT2D eigenvalue weighted by Crippen LogP contribution is 2.31. The maximum atomic E-state index is 12.8. The van der Waals surface area contributed by atoms with Crippen molar-refractivity contribution < 1.29 is 4.79 Å². The monoisotopic (exact) mass is 526 g/mol. The van der Waals surface area contributed by atoms with Gasteiger partial charge in [-0.1, -0.05) is 54.1 Å². The lowest BCUT2D eigenvalue weighted by Gasteiger charge is -2.03. The van der Waals surface area contributed by atoms with Crippen molar-refractivity contribution in [2.24, 2.45) is 0 Å². The Morgan fingerprint density at radius 3 is 2.33 bits per heavy atom. The van der Waals surface area contributed by atoms with Crippen molar-refractivity contribution in [2.75, 3.05) is 5.32 Å². The third kappa shape index (κ3) is 5.42. The van der Waals surface area contributed by atoms with Crippen molar-refractivity contribution in [3.63, 3.8) is 0 Å². The molecule has 0 atom stereocenters. The largest absolute Gasteiger partial charge is 0.323 e. The van der Waals surface area contributed by atoms with Crippen LogP contribution in [0.3, 0.4) is 0 Å². The highest BCUT2D eigenvalue weighted by molar-refractivity contribution is 7.21. The Bertz CT molecular complexity index is 1800. The van der Waals surface area contributed by atoms with Gasteiger partial charge in [-0.2, -0.15) is 5.10 Å². The highest BCUT2D eigenvalue weighted by atomic mass is 32.1. The molecule has 39 heavy (non-hydrogen) atoms. The average molecular weight is 527 g/mol. The van der Waals surface area contributed by atoms with E-state index in [1.54, 1.807) is 17.4 Å². The van der Waals surface area contributed by atoms with Crippen LogP contribution < -0.4 is 5.32 Å². The number of aromatic nitrogens is 3. The van der Waals surface area contributed by atoms with Crippen molar-refractivity contribution in [1.29, 1.82) is 0 Å². The smallest absolute Gasteiger partial charge is 0.248 e. The van der Waals surface area contributed by atoms with Crippen molar-refractivity contribution in [2.45, 2.75) is 13.8 Å². The zero-order valence-corrected chi connectivity index (χ0v) is 22.4. The van der Waals surface area contributed by atoms with Gasteiger partial charge in [0.2, 0.25) is 5.91 Å². The molecule has 0 aliphatic carbocycles. The van der Waals surface area contributed by atoms with Crippen LogP contribution in [0, 0.1) is 13.8 Å². The number of hydrogen-bond donors (Lipinski definition) is 1. The number of thiazole rings is 1. The molecule has 0 aliphatic rings. The molecule has 2 heterocycles. The SMILES string of the molecule is Cc1ccc(-c2nn(-c3ccccc3)cc2C=CC(=O)Nc2ccc(-c3nc4ccc(C)cc4s3)cc2)cc1. The average Bonchev–Trinajstić information content (AvgIpc) is 3.58. The van der Waals surface area contributed by atoms with E-state index in [-0.39, 0.29) is 5.91 Å². The maximum absolute atomic E-state index is 12.8. The van der Waals surface area contributed by atoms with Gasteiger partial charge in [0.05, 0.1) is 21.6 Å². The van der Waals surface area contributed by atoms with E-state index in [0.717, 1.165) is 44.3 Å². The number of fused-ring (bicyclic) bond motifs is 1. The van der Waals surface area contributed by atoms with Crippen LogP contribution in [0.1, 0.15) is 16.7 Å². The van der Waals surface area contributed by atoms with Gasteiger partial charge >= 0.3 is 0 Å². The number of nitrogens with one attached hydrogen (secondary N) is 1. The van der Waals surface area contributed by atoms with E-state index < -0.39 is 0 Å². The van der Waals surface area contributed by atoms with Gasteiger partial charge in [-0.25, -0.2) is 9.67 Å². The molecule has 1 N–H and O–H groups in total. The molecule has 1 amide bonds. The molecule has 0 saturated heterocycles. The summed E-state index contributed by atoms with van der Waals surface area (Å²) < 4.78 is 3.02. The molecule has 0 fully saturated rings. The fraction of sp³-hybridized carbons (Fsp3) is 0.0606. The van der Waals surface area contributed by atoms with Crippen LogP contribution >= 0.6 is 11.3 Å². The van der Waals surface area contributed by atoms with Crippen LogP contribution in [0.4, 0.5) is 5.69 Å². The fourth-order valence-electron chi connectivity index (χ4n) is 4.36. The predicted octanol–water partition coefficient (Wildman–Crippen LogP) is 8.08. The number of carbonyl (C=O) groups is 1. The third-order valence-electron chi connectivity index (χ3n) is 6.45. The lowest BCUT2D eigenvalue weighted by Crippen LogP contribution is -2.07. The summed E-state index contributed by atoms with van der Waals surface area (Å²) in [6.45, 7) is 4.15. The molecule has 0 unspecified atom stereocenters. The van der Waals surface area contributed by atoms with Gasteiger partial charge in [0.25, 0.3) is 0 Å². The summed E-state index contributed by atoms with van der Waals surface area (Å²) in [5.41, 5.74) is 8.79. The van der Waals surface area contributed by atoms with Gasteiger partial charge < -0.3 is 5.32 Å². The molecule has 6 rings (SSSR count). The van der Waals surface area contributed by atoms with Crippen molar-refractivity contribution in [3.8, 4) is 27.5 Å². The lowest BCUT2D eigenvalue weighted by atomic mass is 10.1. The molecule has 0 aliphatic heterocycles. The molecular weight excluding hydrogens is 500 g/mol. The van der Waals surface area contributed by atoms with Crippen LogP contribution in [0.25, 0.3) is 43.8 Å². The van der Waals surface area contributed by atoms with Crippen molar-refractivity contribution in [1.82, 2.24) is 14.8 Å². The second-order valence-electron chi connectivity index (χ2n) is 9.47. The van der Waals surface area contributed by atoms with E-state index >= 15 is 0 Å². The molecule has 6 aromatic rings. The number of aryl methyl sites for hydroxylation is 2. The van der Waals surface area contributed by atoms with Crippen LogP contribution in [0.2, 0.25) is 0 Å². The molecule has 0 spiro atoms. The molecule has 6 heteroatoms. The van der Waals surface area contributed by atoms with Crippen LogP contribution in [-0.4, -0.2) is 20.7 Å². The third-order valence-corrected chi connectivity index (χ3v) is 7.51. The first-order valence-corrected chi connectivity index (χ1v) is 13.5. The topological polar surface area (TPSA) is 59.8 Å². The molecular formula is C33H26N4OS. The Balaban J connectivity index is 1.21. The lowest BCUT2D eigenvalue weighted by molar-refractivity contribution is -0.111. The second kappa shape index (κ2) is 10.5. The summed E-state index contributed by atoms with van der Waals surface area (Å²) in [6, 6.07) is 32.3. The Labute approximate surface area is 231 Å². The maximum Gasteiger partial charge on any atom is 0.248 e. The van der Waals surface area contributed by atoms with E-state index in [4.69, 9.17) is 10.1 Å². The second-order valence-corrected chi connectivity index (χ2v) is 10.5. The number of para-hydroxylation sites is 1. The number of nitrogens with zero attached hydrogens (tertiary/aromatic N) is 3. The van der Waals surface area contributed by atoms with Gasteiger partial charge in [0.1, 0.15) is 5.01 Å². The van der Waals surface area contributed by atoms with E-state index in [9.17, 15) is 4.79 Å². The summed E-state index contributed by atoms with van der Waals surface area (Å²) in [6.07, 6.45) is 5.31. The quantitative estimate of drug-likeness (QED) is 0.223. The Hall–Kier alpha value is -4.81. The number of amides is 1. The Kier molecular flexibility index (Phi) is 6.61. The summed E-state index contributed by atoms with van der Waals surface area (Å²) in [7, 11) is 0. The van der Waals surface area contributed by atoms with Crippen LogP contribution in [0.15, 0.2) is 109 Å². The summed E-state index contributed by atoms with van der Waals surface area (Å²) >= 11 is 1.67. The summed E-state index contributed by atoms with van der Waals surface area (Å²) in [5.74, 6) is -0.208. The fourth-order valence-corrected chi connectivity index (χ4v) is 5.43. The molecule has 2 aromatic heterocycles. The summed E-state index contributed by atoms with van der Waals surface area (Å²) in [4.78, 5) is 17.6. The minimum Gasteiger partial charge on any atom is -0.323 e. The number of benzene rings is 4. The van der Waals surface area contributed by atoms with Gasteiger partial charge in [-0.05, 0) is 74.0 Å². The molecule has 0 saturated carbocycles. The Morgan fingerprint density at radius 2 is 1.56 bits per heavy atom. The first-order chi connectivity index (χ1) is 19.0. The first kappa shape index (κ1) is 24.5. The highest BCUT2D eigenvalue weighted by Gasteiger charge is 2.12. The predicted molar refractivity (Wildman–Crippen MR) is 161 cm³/mol. The van der Waals surface area contributed by atoms with E-state index in [0.29, 0.717) is 0 Å². The van der Waals surface area contributed by atoms with Gasteiger partial charge in [-0.15, -0.1) is 11.3 Å². The van der Waals surface area contributed by atoms with Crippen molar-refractivity contribution in [3.05, 3.63) is 126 Å². The molecule has 0 radical (unpaired) electrons. The molecule has 190 valence electrons. The molecule has 0 bridgehead atoms. The van der Waals surface area contributed by atoms with Gasteiger partial charge in [0.15, 0.2) is 0 Å². The van der Waals surface area contributed by atoms with E-state index in [1.807, 2.05) is 71.6 Å². The molecule has 4 aromatic carbocycles. The number of rotatable bonds is 6. The van der Waals surface area contributed by atoms with Gasteiger partial charge in [-0.3, -0.25) is 4.79 Å². The molecule has 5 nitrogen and oxygen atoms in total. The minimum absolute atomic E-state index is 0.208. The zero-order chi connectivity index (χ0) is 26.8. The number of hydrogen-bond acceptors (Lipinski definition) is 4. The normalized spacial score (nSPS) is 11.3. The van der Waals surface area contributed by atoms with Crippen LogP contribution in [-0.2, 0) is 4.79 Å². The van der Waals surface area contributed by atoms with Gasteiger partial charge in [0, 0.05) is 34.7 Å².